The van der Waals surface area contributed by atoms with Gasteiger partial charge in [0.1, 0.15) is 10.7 Å². The van der Waals surface area contributed by atoms with Crippen molar-refractivity contribution in [2.24, 2.45) is 5.41 Å². The molecule has 0 aliphatic rings. The molecule has 0 aliphatic heterocycles. The second-order valence-corrected chi connectivity index (χ2v) is 7.16. The van der Waals surface area contributed by atoms with E-state index >= 15 is 0 Å². The Morgan fingerprint density at radius 2 is 1.95 bits per heavy atom. The SMILES string of the molecule is CNC(=O)C(C)(C)CNS(=O)(=O)c1cc(N)c(C)cc1F. The van der Waals surface area contributed by atoms with Crippen molar-refractivity contribution in [2.75, 3.05) is 19.3 Å². The highest BCUT2D eigenvalue weighted by Gasteiger charge is 2.30. The van der Waals surface area contributed by atoms with E-state index in [0.717, 1.165) is 12.1 Å². The zero-order valence-corrected chi connectivity index (χ0v) is 13.3. The minimum Gasteiger partial charge on any atom is -0.398 e. The summed E-state index contributed by atoms with van der Waals surface area (Å²) in [5.41, 5.74) is 5.29. The molecule has 4 N–H and O–H groups in total. The summed E-state index contributed by atoms with van der Waals surface area (Å²) in [5.74, 6) is -1.21. The Morgan fingerprint density at radius 1 is 1.38 bits per heavy atom. The van der Waals surface area contributed by atoms with Crippen LogP contribution in [0.25, 0.3) is 0 Å². The molecule has 0 heterocycles. The van der Waals surface area contributed by atoms with Gasteiger partial charge in [-0.15, -0.1) is 0 Å². The van der Waals surface area contributed by atoms with Gasteiger partial charge >= 0.3 is 0 Å². The van der Waals surface area contributed by atoms with Crippen molar-refractivity contribution in [3.63, 3.8) is 0 Å². The Hall–Kier alpha value is -1.67. The van der Waals surface area contributed by atoms with Gasteiger partial charge in [-0.2, -0.15) is 0 Å². The van der Waals surface area contributed by atoms with E-state index in [0.29, 0.717) is 5.56 Å². The van der Waals surface area contributed by atoms with E-state index in [9.17, 15) is 17.6 Å². The van der Waals surface area contributed by atoms with Crippen LogP contribution in [0, 0.1) is 18.2 Å². The summed E-state index contributed by atoms with van der Waals surface area (Å²) in [6.45, 7) is 4.57. The van der Waals surface area contributed by atoms with Crippen molar-refractivity contribution < 1.29 is 17.6 Å². The summed E-state index contributed by atoms with van der Waals surface area (Å²) in [6, 6.07) is 2.13. The van der Waals surface area contributed by atoms with Crippen molar-refractivity contribution in [2.45, 2.75) is 25.7 Å². The van der Waals surface area contributed by atoms with E-state index in [2.05, 4.69) is 10.0 Å². The molecular weight excluding hydrogens is 297 g/mol. The molecule has 0 aliphatic carbocycles. The minimum absolute atomic E-state index is 0.164. The average Bonchev–Trinajstić information content (AvgIpc) is 2.39. The summed E-state index contributed by atoms with van der Waals surface area (Å²) >= 11 is 0. The molecule has 1 aromatic carbocycles. The maximum Gasteiger partial charge on any atom is 0.243 e. The van der Waals surface area contributed by atoms with E-state index in [-0.39, 0.29) is 18.1 Å². The van der Waals surface area contributed by atoms with Crippen LogP contribution in [-0.2, 0) is 14.8 Å². The minimum atomic E-state index is -4.09. The maximum atomic E-state index is 13.8. The van der Waals surface area contributed by atoms with Crippen LogP contribution < -0.4 is 15.8 Å². The van der Waals surface area contributed by atoms with Crippen molar-refractivity contribution in [3.05, 3.63) is 23.5 Å². The number of rotatable bonds is 5. The van der Waals surface area contributed by atoms with Gasteiger partial charge in [0.2, 0.25) is 15.9 Å². The quantitative estimate of drug-likeness (QED) is 0.698. The number of carbonyl (C=O) groups is 1. The summed E-state index contributed by atoms with van der Waals surface area (Å²) in [6.07, 6.45) is 0. The third-order valence-corrected chi connectivity index (χ3v) is 4.57. The standard InChI is InChI=1S/C13H20FN3O3S/c1-8-5-9(14)11(6-10(8)15)21(19,20)17-7-13(2,3)12(18)16-4/h5-6,17H,7,15H2,1-4H3,(H,16,18). The van der Waals surface area contributed by atoms with Crippen LogP contribution >= 0.6 is 0 Å². The van der Waals surface area contributed by atoms with Crippen LogP contribution in [0.1, 0.15) is 19.4 Å². The number of nitrogen functional groups attached to an aromatic ring is 1. The van der Waals surface area contributed by atoms with Gasteiger partial charge in [-0.05, 0) is 38.5 Å². The predicted molar refractivity (Wildman–Crippen MR) is 78.6 cm³/mol. The molecule has 0 bridgehead atoms. The largest absolute Gasteiger partial charge is 0.398 e. The lowest BCUT2D eigenvalue weighted by Crippen LogP contribution is -2.43. The molecule has 6 nitrogen and oxygen atoms in total. The van der Waals surface area contributed by atoms with Gasteiger partial charge in [-0.25, -0.2) is 17.5 Å². The van der Waals surface area contributed by atoms with Gasteiger partial charge in [0.05, 0.1) is 5.41 Å². The highest BCUT2D eigenvalue weighted by atomic mass is 32.2. The number of halogens is 1. The van der Waals surface area contributed by atoms with Crippen molar-refractivity contribution in [1.82, 2.24) is 10.0 Å². The zero-order valence-electron chi connectivity index (χ0n) is 12.5. The predicted octanol–water partition coefficient (Wildman–Crippen LogP) is 0.767. The van der Waals surface area contributed by atoms with E-state index in [4.69, 9.17) is 5.73 Å². The Kier molecular flexibility index (Phi) is 4.95. The fourth-order valence-electron chi connectivity index (χ4n) is 1.65. The van der Waals surface area contributed by atoms with Gasteiger partial charge in [0.25, 0.3) is 0 Å². The smallest absolute Gasteiger partial charge is 0.243 e. The summed E-state index contributed by atoms with van der Waals surface area (Å²) in [4.78, 5) is 11.1. The first-order valence-corrected chi connectivity index (χ1v) is 7.77. The lowest BCUT2D eigenvalue weighted by Gasteiger charge is -2.23. The number of sulfonamides is 1. The van der Waals surface area contributed by atoms with E-state index in [1.165, 1.54) is 7.05 Å². The first-order chi connectivity index (χ1) is 9.51. The molecule has 0 saturated heterocycles. The number of nitrogens with one attached hydrogen (secondary N) is 2. The third kappa shape index (κ3) is 3.92. The fourth-order valence-corrected chi connectivity index (χ4v) is 2.95. The normalized spacial score (nSPS) is 12.2. The summed E-state index contributed by atoms with van der Waals surface area (Å²) in [7, 11) is -2.63. The number of amides is 1. The molecule has 118 valence electrons. The van der Waals surface area contributed by atoms with Crippen molar-refractivity contribution in [3.8, 4) is 0 Å². The van der Waals surface area contributed by atoms with Gasteiger partial charge in [0, 0.05) is 19.3 Å². The van der Waals surface area contributed by atoms with Crippen molar-refractivity contribution >= 4 is 21.6 Å². The number of benzene rings is 1. The maximum absolute atomic E-state index is 13.8. The van der Waals surface area contributed by atoms with Crippen LogP contribution in [0.3, 0.4) is 0 Å². The van der Waals surface area contributed by atoms with Crippen molar-refractivity contribution in [1.29, 1.82) is 0 Å². The number of hydrogen-bond acceptors (Lipinski definition) is 4. The second kappa shape index (κ2) is 5.98. The van der Waals surface area contributed by atoms with Gasteiger partial charge in [-0.3, -0.25) is 4.79 Å². The Bertz CT molecular complexity index is 657. The number of aryl methyl sites for hydroxylation is 1. The molecule has 0 unspecified atom stereocenters. The molecule has 0 radical (unpaired) electrons. The van der Waals surface area contributed by atoms with Crippen LogP contribution in [0.15, 0.2) is 17.0 Å². The topological polar surface area (TPSA) is 101 Å². The van der Waals surface area contributed by atoms with Crippen LogP contribution in [0.5, 0.6) is 0 Å². The van der Waals surface area contributed by atoms with Crippen LogP contribution in [0.4, 0.5) is 10.1 Å². The lowest BCUT2D eigenvalue weighted by molar-refractivity contribution is -0.128. The highest BCUT2D eigenvalue weighted by Crippen LogP contribution is 2.22. The Morgan fingerprint density at radius 3 is 2.48 bits per heavy atom. The van der Waals surface area contributed by atoms with E-state index < -0.39 is 26.2 Å². The summed E-state index contributed by atoms with van der Waals surface area (Å²) < 4.78 is 40.3. The molecule has 0 saturated carbocycles. The second-order valence-electron chi connectivity index (χ2n) is 5.43. The molecule has 0 fully saturated rings. The molecule has 8 heteroatoms. The molecule has 0 atom stereocenters. The lowest BCUT2D eigenvalue weighted by atomic mass is 9.93. The molecule has 1 aromatic rings. The summed E-state index contributed by atoms with van der Waals surface area (Å²) in [5, 5.41) is 2.44. The first-order valence-electron chi connectivity index (χ1n) is 6.29. The van der Waals surface area contributed by atoms with Gasteiger partial charge in [0.15, 0.2) is 0 Å². The van der Waals surface area contributed by atoms with E-state index in [1.807, 2.05) is 0 Å². The third-order valence-electron chi connectivity index (χ3n) is 3.16. The van der Waals surface area contributed by atoms with Crippen LogP contribution in [-0.4, -0.2) is 27.9 Å². The van der Waals surface area contributed by atoms with Gasteiger partial charge < -0.3 is 11.1 Å². The Labute approximate surface area is 124 Å². The van der Waals surface area contributed by atoms with Gasteiger partial charge in [-0.1, -0.05) is 0 Å². The molecule has 1 rings (SSSR count). The van der Waals surface area contributed by atoms with E-state index in [1.54, 1.807) is 20.8 Å². The fraction of sp³-hybridized carbons (Fsp3) is 0.462. The number of anilines is 1. The number of carbonyl (C=O) groups excluding carboxylic acids is 1. The molecule has 1 amide bonds. The average molecular weight is 317 g/mol. The monoisotopic (exact) mass is 317 g/mol. The first kappa shape index (κ1) is 17.4. The molecule has 21 heavy (non-hydrogen) atoms. The number of hydrogen-bond donors (Lipinski definition) is 3. The zero-order chi connectivity index (χ0) is 16.4. The number of nitrogens with two attached hydrogens (primary N) is 1. The molecule has 0 aromatic heterocycles. The van der Waals surface area contributed by atoms with Crippen LogP contribution in [0.2, 0.25) is 0 Å². The highest BCUT2D eigenvalue weighted by molar-refractivity contribution is 7.89. The Balaban J connectivity index is 3.03. The molecule has 0 spiro atoms. The molecular formula is C13H20FN3O3S.